The Morgan fingerprint density at radius 3 is 2.56 bits per heavy atom. The normalized spacial score (nSPS) is 10.4. The standard InChI is InChI=1S/C9H16/c1-4-6-8-9(3)7-5-2/h6,8H,3-5,7H2,1-2H3. The van der Waals surface area contributed by atoms with Gasteiger partial charge >= 0.3 is 0 Å². The van der Waals surface area contributed by atoms with Crippen molar-refractivity contribution in [2.24, 2.45) is 0 Å². The van der Waals surface area contributed by atoms with Crippen LogP contribution in [0.2, 0.25) is 0 Å². The second kappa shape index (κ2) is 5.61. The zero-order chi connectivity index (χ0) is 7.11. The first-order valence-corrected chi connectivity index (χ1v) is 3.65. The number of rotatable bonds is 4. The van der Waals surface area contributed by atoms with Crippen LogP contribution in [0.5, 0.6) is 0 Å². The van der Waals surface area contributed by atoms with Gasteiger partial charge in [0.1, 0.15) is 0 Å². The number of hydrogen-bond acceptors (Lipinski definition) is 0. The minimum Gasteiger partial charge on any atom is -0.0958 e. The molecule has 0 aliphatic carbocycles. The lowest BCUT2D eigenvalue weighted by atomic mass is 10.1. The number of allylic oxidation sites excluding steroid dienone is 3. The first-order valence-electron chi connectivity index (χ1n) is 3.65. The zero-order valence-corrected chi connectivity index (χ0v) is 6.48. The van der Waals surface area contributed by atoms with Gasteiger partial charge in [-0.05, 0) is 12.8 Å². The lowest BCUT2D eigenvalue weighted by Crippen LogP contribution is -1.72. The Hall–Kier alpha value is -0.520. The Morgan fingerprint density at radius 1 is 1.44 bits per heavy atom. The molecule has 0 heterocycles. The lowest BCUT2D eigenvalue weighted by molar-refractivity contribution is 0.928. The zero-order valence-electron chi connectivity index (χ0n) is 6.48. The highest BCUT2D eigenvalue weighted by atomic mass is 13.9. The van der Waals surface area contributed by atoms with Gasteiger partial charge in [0.15, 0.2) is 0 Å². The van der Waals surface area contributed by atoms with Crippen molar-refractivity contribution in [1.82, 2.24) is 0 Å². The summed E-state index contributed by atoms with van der Waals surface area (Å²) < 4.78 is 0. The summed E-state index contributed by atoms with van der Waals surface area (Å²) in [4.78, 5) is 0. The maximum absolute atomic E-state index is 3.90. The Morgan fingerprint density at radius 2 is 2.11 bits per heavy atom. The van der Waals surface area contributed by atoms with Crippen LogP contribution in [0.3, 0.4) is 0 Å². The van der Waals surface area contributed by atoms with Crippen LogP contribution in [0.15, 0.2) is 24.3 Å². The van der Waals surface area contributed by atoms with Crippen molar-refractivity contribution in [1.29, 1.82) is 0 Å². The minimum absolute atomic E-state index is 1.11. The molecule has 0 nitrogen and oxygen atoms in total. The molecular formula is C9H16. The Labute approximate surface area is 58.3 Å². The molecule has 0 unspecified atom stereocenters. The fraction of sp³-hybridized carbons (Fsp3) is 0.556. The van der Waals surface area contributed by atoms with E-state index in [1.54, 1.807) is 0 Å². The highest BCUT2D eigenvalue weighted by molar-refractivity contribution is 5.13. The first kappa shape index (κ1) is 8.48. The van der Waals surface area contributed by atoms with E-state index in [4.69, 9.17) is 0 Å². The second-order valence-corrected chi connectivity index (χ2v) is 2.22. The van der Waals surface area contributed by atoms with Crippen molar-refractivity contribution in [3.05, 3.63) is 24.3 Å². The molecule has 0 aromatic carbocycles. The van der Waals surface area contributed by atoms with Crippen LogP contribution in [0.1, 0.15) is 33.1 Å². The first-order chi connectivity index (χ1) is 4.31. The van der Waals surface area contributed by atoms with Crippen LogP contribution >= 0.6 is 0 Å². The summed E-state index contributed by atoms with van der Waals surface area (Å²) in [6, 6.07) is 0. The molecule has 0 aliphatic rings. The fourth-order valence-electron chi connectivity index (χ4n) is 0.689. The molecule has 0 spiro atoms. The van der Waals surface area contributed by atoms with Crippen molar-refractivity contribution in [3.63, 3.8) is 0 Å². The maximum Gasteiger partial charge on any atom is -0.0287 e. The van der Waals surface area contributed by atoms with Crippen molar-refractivity contribution < 1.29 is 0 Å². The highest BCUT2D eigenvalue weighted by Gasteiger charge is 1.82. The Balaban J connectivity index is 3.37. The monoisotopic (exact) mass is 124 g/mol. The van der Waals surface area contributed by atoms with E-state index in [2.05, 4.69) is 32.6 Å². The quantitative estimate of drug-likeness (QED) is 0.504. The van der Waals surface area contributed by atoms with Crippen molar-refractivity contribution in [2.45, 2.75) is 33.1 Å². The third kappa shape index (κ3) is 5.35. The average Bonchev–Trinajstić information content (AvgIpc) is 1.85. The topological polar surface area (TPSA) is 0 Å². The minimum atomic E-state index is 1.11. The molecule has 9 heavy (non-hydrogen) atoms. The Kier molecular flexibility index (Phi) is 5.29. The van der Waals surface area contributed by atoms with Crippen LogP contribution in [-0.2, 0) is 0 Å². The molecule has 0 amide bonds. The fourth-order valence-corrected chi connectivity index (χ4v) is 0.689. The number of hydrogen-bond donors (Lipinski definition) is 0. The summed E-state index contributed by atoms with van der Waals surface area (Å²) in [6.07, 6.45) is 7.72. The lowest BCUT2D eigenvalue weighted by Gasteiger charge is -1.92. The van der Waals surface area contributed by atoms with Gasteiger partial charge in [-0.15, -0.1) is 0 Å². The molecule has 0 fully saturated rings. The molecule has 0 heteroatoms. The van der Waals surface area contributed by atoms with Crippen molar-refractivity contribution in [2.75, 3.05) is 0 Å². The van der Waals surface area contributed by atoms with Crippen LogP contribution in [-0.4, -0.2) is 0 Å². The van der Waals surface area contributed by atoms with E-state index in [9.17, 15) is 0 Å². The largest absolute Gasteiger partial charge is 0.0958 e. The van der Waals surface area contributed by atoms with E-state index in [0.717, 1.165) is 12.8 Å². The SMILES string of the molecule is C=C(C=CCC)CCC. The molecule has 0 saturated carbocycles. The van der Waals surface area contributed by atoms with Crippen LogP contribution in [0, 0.1) is 0 Å². The van der Waals surface area contributed by atoms with Gasteiger partial charge in [-0.3, -0.25) is 0 Å². The smallest absolute Gasteiger partial charge is 0.0287 e. The molecule has 0 N–H and O–H groups in total. The van der Waals surface area contributed by atoms with E-state index in [-0.39, 0.29) is 0 Å². The highest BCUT2D eigenvalue weighted by Crippen LogP contribution is 2.02. The molecule has 0 bridgehead atoms. The van der Waals surface area contributed by atoms with Gasteiger partial charge < -0.3 is 0 Å². The Bertz CT molecular complexity index is 98.6. The van der Waals surface area contributed by atoms with Crippen LogP contribution < -0.4 is 0 Å². The van der Waals surface area contributed by atoms with E-state index in [0.29, 0.717) is 0 Å². The van der Waals surface area contributed by atoms with Crippen LogP contribution in [0.25, 0.3) is 0 Å². The molecule has 0 aromatic rings. The summed E-state index contributed by atoms with van der Waals surface area (Å²) in [5.41, 5.74) is 1.25. The van der Waals surface area contributed by atoms with Gasteiger partial charge in [-0.2, -0.15) is 0 Å². The summed E-state index contributed by atoms with van der Waals surface area (Å²) >= 11 is 0. The third-order valence-electron chi connectivity index (χ3n) is 1.16. The molecule has 52 valence electrons. The maximum atomic E-state index is 3.90. The van der Waals surface area contributed by atoms with E-state index in [1.807, 2.05) is 0 Å². The summed E-state index contributed by atoms with van der Waals surface area (Å²) in [6.45, 7) is 8.20. The molecule has 0 atom stereocenters. The van der Waals surface area contributed by atoms with Gasteiger partial charge in [-0.1, -0.05) is 44.6 Å². The summed E-state index contributed by atoms with van der Waals surface area (Å²) in [5.74, 6) is 0. The van der Waals surface area contributed by atoms with Crippen LogP contribution in [0.4, 0.5) is 0 Å². The summed E-state index contributed by atoms with van der Waals surface area (Å²) in [5, 5.41) is 0. The molecule has 0 radical (unpaired) electrons. The van der Waals surface area contributed by atoms with Crippen molar-refractivity contribution >= 4 is 0 Å². The van der Waals surface area contributed by atoms with E-state index < -0.39 is 0 Å². The molecule has 0 aliphatic heterocycles. The molecule has 0 rings (SSSR count). The van der Waals surface area contributed by atoms with Crippen molar-refractivity contribution in [3.8, 4) is 0 Å². The van der Waals surface area contributed by atoms with E-state index >= 15 is 0 Å². The molecular weight excluding hydrogens is 108 g/mol. The molecule has 0 saturated heterocycles. The second-order valence-electron chi connectivity index (χ2n) is 2.22. The third-order valence-corrected chi connectivity index (χ3v) is 1.16. The predicted octanol–water partition coefficient (Wildman–Crippen LogP) is 3.31. The summed E-state index contributed by atoms with van der Waals surface area (Å²) in [7, 11) is 0. The van der Waals surface area contributed by atoms with Gasteiger partial charge in [0, 0.05) is 0 Å². The molecule has 0 aromatic heterocycles. The van der Waals surface area contributed by atoms with E-state index in [1.165, 1.54) is 12.0 Å². The van der Waals surface area contributed by atoms with Gasteiger partial charge in [0.05, 0.1) is 0 Å². The predicted molar refractivity (Wildman–Crippen MR) is 43.5 cm³/mol. The van der Waals surface area contributed by atoms with Gasteiger partial charge in [-0.25, -0.2) is 0 Å². The average molecular weight is 124 g/mol. The van der Waals surface area contributed by atoms with Gasteiger partial charge in [0.25, 0.3) is 0 Å². The van der Waals surface area contributed by atoms with Gasteiger partial charge in [0.2, 0.25) is 0 Å².